The van der Waals surface area contributed by atoms with Crippen molar-refractivity contribution in [1.29, 1.82) is 0 Å². The predicted octanol–water partition coefficient (Wildman–Crippen LogP) is 1.83. The summed E-state index contributed by atoms with van der Waals surface area (Å²) in [5.41, 5.74) is 5.77. The summed E-state index contributed by atoms with van der Waals surface area (Å²) >= 11 is 0. The van der Waals surface area contributed by atoms with Crippen molar-refractivity contribution < 1.29 is 8.78 Å². The number of rotatable bonds is 2. The molecule has 2 aromatic rings. The van der Waals surface area contributed by atoms with Gasteiger partial charge in [0.05, 0.1) is 5.69 Å². The van der Waals surface area contributed by atoms with Crippen LogP contribution in [0.4, 0.5) is 14.5 Å². The number of nitrogen functional groups attached to an aromatic ring is 1. The van der Waals surface area contributed by atoms with Crippen molar-refractivity contribution in [2.75, 3.05) is 5.73 Å². The van der Waals surface area contributed by atoms with Crippen molar-refractivity contribution in [3.63, 3.8) is 0 Å². The van der Waals surface area contributed by atoms with Crippen molar-refractivity contribution in [2.45, 2.75) is 20.4 Å². The van der Waals surface area contributed by atoms with E-state index in [0.717, 1.165) is 16.8 Å². The van der Waals surface area contributed by atoms with Crippen LogP contribution in [0.2, 0.25) is 0 Å². The highest BCUT2D eigenvalue weighted by Crippen LogP contribution is 2.16. The van der Waals surface area contributed by atoms with Gasteiger partial charge in [-0.15, -0.1) is 0 Å². The lowest BCUT2D eigenvalue weighted by Gasteiger charge is -2.11. The Bertz CT molecular complexity index is 658. The lowest BCUT2D eigenvalue weighted by Crippen LogP contribution is -2.23. The molecule has 0 amide bonds. The number of benzene rings is 1. The molecule has 0 spiro atoms. The zero-order valence-electron chi connectivity index (χ0n) is 10.1. The fourth-order valence-electron chi connectivity index (χ4n) is 1.94. The highest BCUT2D eigenvalue weighted by atomic mass is 19.1. The Morgan fingerprint density at radius 1 is 1.33 bits per heavy atom. The monoisotopic (exact) mass is 253 g/mol. The van der Waals surface area contributed by atoms with Crippen LogP contribution in [-0.2, 0) is 6.54 Å². The molecule has 6 heteroatoms. The number of nitrogens with zero attached hydrogens (tertiary/aromatic N) is 2. The van der Waals surface area contributed by atoms with Gasteiger partial charge in [-0.3, -0.25) is 9.48 Å². The molecule has 1 heterocycles. The highest BCUT2D eigenvalue weighted by molar-refractivity contribution is 5.45. The fourth-order valence-corrected chi connectivity index (χ4v) is 1.94. The van der Waals surface area contributed by atoms with Gasteiger partial charge in [0.25, 0.3) is 5.56 Å². The van der Waals surface area contributed by atoms with Crippen molar-refractivity contribution in [1.82, 2.24) is 9.36 Å². The standard InChI is InChI=1S/C12H13F2N3O/c1-3-16-7(2)11(15)12(18)17(16)10-5-4-8(13)6-9(10)14/h4-6H,3,15H2,1-2H3. The number of anilines is 1. The Balaban J connectivity index is 2.79. The average Bonchev–Trinajstić information content (AvgIpc) is 2.54. The number of halogens is 2. The zero-order chi connectivity index (χ0) is 13.4. The first-order valence-electron chi connectivity index (χ1n) is 5.50. The molecule has 1 aromatic carbocycles. The summed E-state index contributed by atoms with van der Waals surface area (Å²) in [5.74, 6) is -1.49. The molecule has 2 N–H and O–H groups in total. The minimum absolute atomic E-state index is 0.0111. The summed E-state index contributed by atoms with van der Waals surface area (Å²) in [7, 11) is 0. The molecule has 4 nitrogen and oxygen atoms in total. The summed E-state index contributed by atoms with van der Waals surface area (Å²) in [6, 6.07) is 3.06. The van der Waals surface area contributed by atoms with E-state index in [4.69, 9.17) is 5.73 Å². The lowest BCUT2D eigenvalue weighted by atomic mass is 10.3. The zero-order valence-corrected chi connectivity index (χ0v) is 10.1. The molecule has 0 radical (unpaired) electrons. The first-order chi connectivity index (χ1) is 8.47. The van der Waals surface area contributed by atoms with E-state index < -0.39 is 17.2 Å². The molecule has 96 valence electrons. The summed E-state index contributed by atoms with van der Waals surface area (Å²) in [4.78, 5) is 12.0. The van der Waals surface area contributed by atoms with Crippen LogP contribution in [0.25, 0.3) is 5.69 Å². The van der Waals surface area contributed by atoms with E-state index in [0.29, 0.717) is 12.2 Å². The van der Waals surface area contributed by atoms with Crippen molar-refractivity contribution in [3.05, 3.63) is 45.9 Å². The Morgan fingerprint density at radius 3 is 2.56 bits per heavy atom. The average molecular weight is 253 g/mol. The van der Waals surface area contributed by atoms with E-state index in [1.54, 1.807) is 11.6 Å². The molecule has 2 rings (SSSR count). The van der Waals surface area contributed by atoms with Gasteiger partial charge in [-0.2, -0.15) is 0 Å². The SMILES string of the molecule is CCn1c(C)c(N)c(=O)n1-c1ccc(F)cc1F. The fraction of sp³-hybridized carbons (Fsp3) is 0.250. The summed E-state index contributed by atoms with van der Waals surface area (Å²) in [5, 5.41) is 0. The topological polar surface area (TPSA) is 52.9 Å². The van der Waals surface area contributed by atoms with Crippen molar-refractivity contribution in [2.24, 2.45) is 0 Å². The van der Waals surface area contributed by atoms with Crippen LogP contribution in [0.15, 0.2) is 23.0 Å². The predicted molar refractivity (Wildman–Crippen MR) is 64.8 cm³/mol. The third-order valence-electron chi connectivity index (χ3n) is 2.88. The molecule has 1 aromatic heterocycles. The van der Waals surface area contributed by atoms with Crippen LogP contribution < -0.4 is 11.3 Å². The molecular formula is C12H13F2N3O. The lowest BCUT2D eigenvalue weighted by molar-refractivity contribution is 0.524. The van der Waals surface area contributed by atoms with Gasteiger partial charge >= 0.3 is 0 Å². The van der Waals surface area contributed by atoms with E-state index >= 15 is 0 Å². The number of hydrogen-bond donors (Lipinski definition) is 1. The van der Waals surface area contributed by atoms with Crippen LogP contribution in [0.5, 0.6) is 0 Å². The van der Waals surface area contributed by atoms with Crippen LogP contribution in [0, 0.1) is 18.6 Å². The Morgan fingerprint density at radius 2 is 2.00 bits per heavy atom. The number of aromatic nitrogens is 2. The molecule has 0 unspecified atom stereocenters. The second-order valence-corrected chi connectivity index (χ2v) is 3.93. The quantitative estimate of drug-likeness (QED) is 0.887. The van der Waals surface area contributed by atoms with Gasteiger partial charge in [0.2, 0.25) is 0 Å². The molecule has 0 fully saturated rings. The van der Waals surface area contributed by atoms with Crippen LogP contribution in [-0.4, -0.2) is 9.36 Å². The van der Waals surface area contributed by atoms with E-state index in [9.17, 15) is 13.6 Å². The van der Waals surface area contributed by atoms with Gasteiger partial charge in [0.1, 0.15) is 17.2 Å². The third-order valence-corrected chi connectivity index (χ3v) is 2.88. The summed E-state index contributed by atoms with van der Waals surface area (Å²) in [6.45, 7) is 3.94. The molecule has 0 aliphatic heterocycles. The molecular weight excluding hydrogens is 240 g/mol. The van der Waals surface area contributed by atoms with Gasteiger partial charge in [-0.25, -0.2) is 13.5 Å². The van der Waals surface area contributed by atoms with Crippen LogP contribution >= 0.6 is 0 Å². The second kappa shape index (κ2) is 4.29. The molecule has 0 bridgehead atoms. The summed E-state index contributed by atoms with van der Waals surface area (Å²) in [6.07, 6.45) is 0. The summed E-state index contributed by atoms with van der Waals surface area (Å²) < 4.78 is 29.3. The maximum Gasteiger partial charge on any atom is 0.294 e. The van der Waals surface area contributed by atoms with Gasteiger partial charge in [-0.1, -0.05) is 0 Å². The molecule has 0 aliphatic rings. The third kappa shape index (κ3) is 1.70. The molecule has 0 saturated heterocycles. The normalized spacial score (nSPS) is 10.9. The van der Waals surface area contributed by atoms with Crippen LogP contribution in [0.1, 0.15) is 12.6 Å². The Kier molecular flexibility index (Phi) is 2.94. The Hall–Kier alpha value is -2.11. The first-order valence-corrected chi connectivity index (χ1v) is 5.50. The molecule has 0 aliphatic carbocycles. The highest BCUT2D eigenvalue weighted by Gasteiger charge is 2.17. The minimum atomic E-state index is -0.802. The first kappa shape index (κ1) is 12.3. The van der Waals surface area contributed by atoms with Gasteiger partial charge < -0.3 is 5.73 Å². The van der Waals surface area contributed by atoms with Gasteiger partial charge in [0, 0.05) is 12.6 Å². The van der Waals surface area contributed by atoms with Crippen LogP contribution in [0.3, 0.4) is 0 Å². The number of hydrogen-bond acceptors (Lipinski definition) is 2. The molecule has 0 saturated carbocycles. The largest absolute Gasteiger partial charge is 0.393 e. The minimum Gasteiger partial charge on any atom is -0.393 e. The van der Waals surface area contributed by atoms with E-state index in [1.165, 1.54) is 6.07 Å². The maximum absolute atomic E-state index is 13.7. The van der Waals surface area contributed by atoms with E-state index in [-0.39, 0.29) is 11.4 Å². The van der Waals surface area contributed by atoms with Gasteiger partial charge in [-0.05, 0) is 26.0 Å². The van der Waals surface area contributed by atoms with Crippen molar-refractivity contribution in [3.8, 4) is 5.69 Å². The van der Waals surface area contributed by atoms with E-state index in [1.807, 2.05) is 6.92 Å². The second-order valence-electron chi connectivity index (χ2n) is 3.93. The number of nitrogens with two attached hydrogens (primary N) is 1. The smallest absolute Gasteiger partial charge is 0.294 e. The van der Waals surface area contributed by atoms with Crippen molar-refractivity contribution >= 4 is 5.69 Å². The maximum atomic E-state index is 13.7. The Labute approximate surface area is 102 Å². The molecule has 18 heavy (non-hydrogen) atoms. The van der Waals surface area contributed by atoms with E-state index in [2.05, 4.69) is 0 Å². The van der Waals surface area contributed by atoms with Gasteiger partial charge in [0.15, 0.2) is 5.82 Å². The molecule has 0 atom stereocenters.